The van der Waals surface area contributed by atoms with Crippen LogP contribution in [0.3, 0.4) is 0 Å². The van der Waals surface area contributed by atoms with Gasteiger partial charge in [0.05, 0.1) is 12.7 Å². The summed E-state index contributed by atoms with van der Waals surface area (Å²) in [6.45, 7) is 7.97. The van der Waals surface area contributed by atoms with Crippen molar-refractivity contribution in [1.29, 1.82) is 0 Å². The standard InChI is InChI=1S/C18H30N4O3/c1-13(2)25-10-6-9-19-17(23)18(3)12-24-11-15-20-21-16(22(15)18)14-7-4-5-8-14/h13-14H,4-12H2,1-3H3,(H,19,23). The van der Waals surface area contributed by atoms with E-state index in [4.69, 9.17) is 9.47 Å². The molecular formula is C18H30N4O3. The molecule has 7 heteroatoms. The molecule has 140 valence electrons. The molecule has 1 amide bonds. The van der Waals surface area contributed by atoms with Gasteiger partial charge < -0.3 is 14.8 Å². The Labute approximate surface area is 149 Å². The van der Waals surface area contributed by atoms with E-state index in [2.05, 4.69) is 15.5 Å². The van der Waals surface area contributed by atoms with Gasteiger partial charge in [0.25, 0.3) is 0 Å². The van der Waals surface area contributed by atoms with Gasteiger partial charge in [0.2, 0.25) is 5.91 Å². The zero-order chi connectivity index (χ0) is 17.9. The summed E-state index contributed by atoms with van der Waals surface area (Å²) >= 11 is 0. The number of fused-ring (bicyclic) bond motifs is 1. The smallest absolute Gasteiger partial charge is 0.248 e. The van der Waals surface area contributed by atoms with Crippen molar-refractivity contribution in [2.24, 2.45) is 0 Å². The molecule has 1 aliphatic heterocycles. The highest BCUT2D eigenvalue weighted by atomic mass is 16.5. The molecule has 0 aromatic carbocycles. The number of nitrogens with zero attached hydrogens (tertiary/aromatic N) is 3. The molecule has 0 saturated heterocycles. The zero-order valence-electron chi connectivity index (χ0n) is 15.6. The minimum absolute atomic E-state index is 0.0305. The van der Waals surface area contributed by atoms with Crippen molar-refractivity contribution in [3.8, 4) is 0 Å². The van der Waals surface area contributed by atoms with Gasteiger partial charge in [-0.05, 0) is 40.0 Å². The van der Waals surface area contributed by atoms with Crippen LogP contribution in [0.2, 0.25) is 0 Å². The molecule has 3 rings (SSSR count). The third-order valence-electron chi connectivity index (χ3n) is 5.13. The number of hydrogen-bond donors (Lipinski definition) is 1. The SMILES string of the molecule is CC(C)OCCCNC(=O)C1(C)COCc2nnc(C3CCCC3)n21. The molecule has 0 bridgehead atoms. The van der Waals surface area contributed by atoms with E-state index in [1.54, 1.807) is 0 Å². The summed E-state index contributed by atoms with van der Waals surface area (Å²) in [5, 5.41) is 11.8. The Morgan fingerprint density at radius 2 is 2.16 bits per heavy atom. The normalized spacial score (nSPS) is 23.8. The zero-order valence-corrected chi connectivity index (χ0v) is 15.6. The summed E-state index contributed by atoms with van der Waals surface area (Å²) in [6, 6.07) is 0. The molecule has 1 N–H and O–H groups in total. The topological polar surface area (TPSA) is 78.3 Å². The highest BCUT2D eigenvalue weighted by Gasteiger charge is 2.43. The fraction of sp³-hybridized carbons (Fsp3) is 0.833. The van der Waals surface area contributed by atoms with Gasteiger partial charge in [0, 0.05) is 19.1 Å². The second kappa shape index (κ2) is 7.83. The van der Waals surface area contributed by atoms with E-state index in [0.29, 0.717) is 32.3 Å². The first kappa shape index (κ1) is 18.3. The fourth-order valence-corrected chi connectivity index (χ4v) is 3.77. The molecule has 0 radical (unpaired) electrons. The lowest BCUT2D eigenvalue weighted by Crippen LogP contribution is -2.53. The number of carbonyl (C=O) groups is 1. The van der Waals surface area contributed by atoms with E-state index in [1.807, 2.05) is 25.3 Å². The summed E-state index contributed by atoms with van der Waals surface area (Å²) in [6.07, 6.45) is 5.72. The van der Waals surface area contributed by atoms with Crippen molar-refractivity contribution in [2.75, 3.05) is 19.8 Å². The van der Waals surface area contributed by atoms with E-state index < -0.39 is 5.54 Å². The van der Waals surface area contributed by atoms with Crippen LogP contribution >= 0.6 is 0 Å². The third kappa shape index (κ3) is 3.87. The van der Waals surface area contributed by atoms with Crippen molar-refractivity contribution in [3.05, 3.63) is 11.6 Å². The number of carbonyl (C=O) groups excluding carboxylic acids is 1. The van der Waals surface area contributed by atoms with E-state index >= 15 is 0 Å². The number of nitrogens with one attached hydrogen (secondary N) is 1. The highest BCUT2D eigenvalue weighted by molar-refractivity contribution is 5.84. The van der Waals surface area contributed by atoms with Crippen LogP contribution in [-0.2, 0) is 26.4 Å². The molecule has 1 saturated carbocycles. The molecule has 2 aliphatic rings. The predicted octanol–water partition coefficient (Wildman–Crippen LogP) is 2.11. The number of amides is 1. The summed E-state index contributed by atoms with van der Waals surface area (Å²) in [5.41, 5.74) is -0.784. The van der Waals surface area contributed by atoms with Crippen molar-refractivity contribution < 1.29 is 14.3 Å². The Kier molecular flexibility index (Phi) is 5.74. The first-order chi connectivity index (χ1) is 12.0. The predicted molar refractivity (Wildman–Crippen MR) is 93.2 cm³/mol. The minimum atomic E-state index is -0.784. The van der Waals surface area contributed by atoms with Crippen LogP contribution in [0.25, 0.3) is 0 Å². The van der Waals surface area contributed by atoms with Crippen molar-refractivity contribution in [2.45, 2.75) is 77.0 Å². The summed E-state index contributed by atoms with van der Waals surface area (Å²) in [7, 11) is 0. The van der Waals surface area contributed by atoms with Crippen LogP contribution in [0.1, 0.15) is 70.4 Å². The molecule has 0 spiro atoms. The van der Waals surface area contributed by atoms with Gasteiger partial charge in [0.1, 0.15) is 18.0 Å². The Balaban J connectivity index is 1.69. The average molecular weight is 350 g/mol. The van der Waals surface area contributed by atoms with Crippen LogP contribution in [0.4, 0.5) is 0 Å². The molecule has 25 heavy (non-hydrogen) atoms. The van der Waals surface area contributed by atoms with Crippen molar-refractivity contribution in [1.82, 2.24) is 20.1 Å². The lowest BCUT2D eigenvalue weighted by Gasteiger charge is -2.36. The van der Waals surface area contributed by atoms with Gasteiger partial charge in [-0.1, -0.05) is 12.8 Å². The quantitative estimate of drug-likeness (QED) is 0.762. The Morgan fingerprint density at radius 3 is 2.88 bits per heavy atom. The number of ether oxygens (including phenoxy) is 2. The van der Waals surface area contributed by atoms with Crippen LogP contribution in [-0.4, -0.2) is 46.5 Å². The van der Waals surface area contributed by atoms with E-state index in [-0.39, 0.29) is 12.0 Å². The minimum Gasteiger partial charge on any atom is -0.379 e. The van der Waals surface area contributed by atoms with Crippen molar-refractivity contribution >= 4 is 5.91 Å². The largest absolute Gasteiger partial charge is 0.379 e. The van der Waals surface area contributed by atoms with Gasteiger partial charge in [-0.3, -0.25) is 9.36 Å². The highest BCUT2D eigenvalue weighted by Crippen LogP contribution is 2.37. The second-order valence-electron chi connectivity index (χ2n) is 7.59. The summed E-state index contributed by atoms with van der Waals surface area (Å²) < 4.78 is 13.2. The Bertz CT molecular complexity index is 595. The molecule has 1 aromatic rings. The monoisotopic (exact) mass is 350 g/mol. The molecule has 2 heterocycles. The number of aromatic nitrogens is 3. The Morgan fingerprint density at radius 1 is 1.40 bits per heavy atom. The molecular weight excluding hydrogens is 320 g/mol. The first-order valence-corrected chi connectivity index (χ1v) is 9.44. The number of hydrogen-bond acceptors (Lipinski definition) is 5. The third-order valence-corrected chi connectivity index (χ3v) is 5.13. The molecule has 1 atom stereocenters. The van der Waals surface area contributed by atoms with E-state index in [1.165, 1.54) is 12.8 Å². The van der Waals surface area contributed by atoms with Gasteiger partial charge >= 0.3 is 0 Å². The maximum Gasteiger partial charge on any atom is 0.248 e. The maximum atomic E-state index is 12.9. The lowest BCUT2D eigenvalue weighted by molar-refractivity contribution is -0.135. The lowest BCUT2D eigenvalue weighted by atomic mass is 9.98. The van der Waals surface area contributed by atoms with Crippen LogP contribution in [0.15, 0.2) is 0 Å². The second-order valence-corrected chi connectivity index (χ2v) is 7.59. The fourth-order valence-electron chi connectivity index (χ4n) is 3.77. The Hall–Kier alpha value is -1.47. The molecule has 1 fully saturated rings. The molecule has 1 aliphatic carbocycles. The summed E-state index contributed by atoms with van der Waals surface area (Å²) in [4.78, 5) is 12.9. The molecule has 1 unspecified atom stereocenters. The van der Waals surface area contributed by atoms with Crippen LogP contribution < -0.4 is 5.32 Å². The van der Waals surface area contributed by atoms with E-state index in [0.717, 1.165) is 30.9 Å². The van der Waals surface area contributed by atoms with Gasteiger partial charge in [-0.25, -0.2) is 0 Å². The van der Waals surface area contributed by atoms with Crippen LogP contribution in [0, 0.1) is 0 Å². The maximum absolute atomic E-state index is 12.9. The number of rotatable bonds is 7. The summed E-state index contributed by atoms with van der Waals surface area (Å²) in [5.74, 6) is 2.09. The van der Waals surface area contributed by atoms with Gasteiger partial charge in [-0.15, -0.1) is 10.2 Å². The van der Waals surface area contributed by atoms with Gasteiger partial charge in [0.15, 0.2) is 5.82 Å². The van der Waals surface area contributed by atoms with Crippen molar-refractivity contribution in [3.63, 3.8) is 0 Å². The van der Waals surface area contributed by atoms with Gasteiger partial charge in [-0.2, -0.15) is 0 Å². The first-order valence-electron chi connectivity index (χ1n) is 9.44. The molecule has 1 aromatic heterocycles. The molecule has 7 nitrogen and oxygen atoms in total. The van der Waals surface area contributed by atoms with Crippen LogP contribution in [0.5, 0.6) is 0 Å². The van der Waals surface area contributed by atoms with E-state index in [9.17, 15) is 4.79 Å². The average Bonchev–Trinajstić information content (AvgIpc) is 3.23.